The first kappa shape index (κ1) is 13.1. The molecule has 5 nitrogen and oxygen atoms in total. The van der Waals surface area contributed by atoms with Gasteiger partial charge in [-0.1, -0.05) is 12.8 Å². The van der Waals surface area contributed by atoms with Gasteiger partial charge in [0.05, 0.1) is 6.42 Å². The fraction of sp³-hybridized carbons (Fsp3) is 0.467. The van der Waals surface area contributed by atoms with E-state index in [1.54, 1.807) is 18.2 Å². The van der Waals surface area contributed by atoms with E-state index in [-0.39, 0.29) is 23.9 Å². The Bertz CT molecular complexity index is 556. The summed E-state index contributed by atoms with van der Waals surface area (Å²) in [7, 11) is 0. The molecule has 3 rings (SSSR count). The van der Waals surface area contributed by atoms with E-state index in [4.69, 9.17) is 5.73 Å². The molecule has 1 aromatic rings. The monoisotopic (exact) mass is 273 g/mol. The molecule has 0 aromatic heterocycles. The quantitative estimate of drug-likeness (QED) is 0.756. The van der Waals surface area contributed by atoms with E-state index in [0.29, 0.717) is 12.0 Å². The molecule has 1 heterocycles. The van der Waals surface area contributed by atoms with E-state index in [2.05, 4.69) is 10.6 Å². The van der Waals surface area contributed by atoms with Crippen LogP contribution in [0.15, 0.2) is 18.2 Å². The average Bonchev–Trinajstić information content (AvgIpc) is 2.80. The molecule has 0 saturated heterocycles. The number of hydrogen-bond acceptors (Lipinski definition) is 3. The fourth-order valence-corrected chi connectivity index (χ4v) is 2.96. The average molecular weight is 273 g/mol. The molecular weight excluding hydrogens is 254 g/mol. The van der Waals surface area contributed by atoms with Crippen molar-refractivity contribution in [2.75, 3.05) is 5.32 Å². The zero-order chi connectivity index (χ0) is 14.1. The molecule has 0 bridgehead atoms. The molecule has 0 spiro atoms. The summed E-state index contributed by atoms with van der Waals surface area (Å²) >= 11 is 0. The standard InChI is InChI=1S/C15H19N3O2/c16-11-3-1-2-4-13(11)18-15(20)9-5-6-12-10(7-9)8-14(19)17-12/h5-7,11,13H,1-4,8,16H2,(H,17,19)(H,18,20)/t11-,13-/m1/s1. The van der Waals surface area contributed by atoms with Crippen LogP contribution < -0.4 is 16.4 Å². The fourth-order valence-electron chi connectivity index (χ4n) is 2.96. The number of nitrogens with two attached hydrogens (primary N) is 1. The number of anilines is 1. The highest BCUT2D eigenvalue weighted by atomic mass is 16.2. The van der Waals surface area contributed by atoms with Crippen molar-refractivity contribution < 1.29 is 9.59 Å². The molecule has 2 amide bonds. The number of benzene rings is 1. The van der Waals surface area contributed by atoms with E-state index in [1.807, 2.05) is 0 Å². The van der Waals surface area contributed by atoms with Gasteiger partial charge < -0.3 is 16.4 Å². The van der Waals surface area contributed by atoms with Crippen LogP contribution >= 0.6 is 0 Å². The first-order valence-corrected chi connectivity index (χ1v) is 7.13. The molecule has 5 heteroatoms. The lowest BCUT2D eigenvalue weighted by Gasteiger charge is -2.29. The summed E-state index contributed by atoms with van der Waals surface area (Å²) in [5.41, 5.74) is 8.33. The number of carbonyl (C=O) groups is 2. The van der Waals surface area contributed by atoms with Crippen LogP contribution in [-0.2, 0) is 11.2 Å². The van der Waals surface area contributed by atoms with Crippen LogP contribution in [0.3, 0.4) is 0 Å². The van der Waals surface area contributed by atoms with Crippen LogP contribution in [0.4, 0.5) is 5.69 Å². The Morgan fingerprint density at radius 2 is 2.10 bits per heavy atom. The highest BCUT2D eigenvalue weighted by Gasteiger charge is 2.24. The van der Waals surface area contributed by atoms with Crippen molar-refractivity contribution in [3.63, 3.8) is 0 Å². The largest absolute Gasteiger partial charge is 0.348 e. The van der Waals surface area contributed by atoms with Crippen LogP contribution in [0.25, 0.3) is 0 Å². The van der Waals surface area contributed by atoms with Crippen LogP contribution in [0.2, 0.25) is 0 Å². The summed E-state index contributed by atoms with van der Waals surface area (Å²) in [6.07, 6.45) is 4.51. The molecule has 1 aliphatic carbocycles. The number of nitrogens with one attached hydrogen (secondary N) is 2. The van der Waals surface area contributed by atoms with Gasteiger partial charge in [-0.15, -0.1) is 0 Å². The molecule has 1 saturated carbocycles. The third kappa shape index (κ3) is 2.54. The lowest BCUT2D eigenvalue weighted by molar-refractivity contribution is -0.115. The van der Waals surface area contributed by atoms with E-state index in [0.717, 1.165) is 36.9 Å². The van der Waals surface area contributed by atoms with Gasteiger partial charge in [0.25, 0.3) is 5.91 Å². The SMILES string of the molecule is N[C@@H]1CCCC[C@H]1NC(=O)c1ccc2c(c1)CC(=O)N2. The van der Waals surface area contributed by atoms with Gasteiger partial charge in [0.2, 0.25) is 5.91 Å². The number of rotatable bonds is 2. The molecule has 4 N–H and O–H groups in total. The zero-order valence-corrected chi connectivity index (χ0v) is 11.3. The minimum atomic E-state index is -0.102. The van der Waals surface area contributed by atoms with Gasteiger partial charge >= 0.3 is 0 Å². The van der Waals surface area contributed by atoms with Crippen molar-refractivity contribution in [2.45, 2.75) is 44.2 Å². The van der Waals surface area contributed by atoms with Crippen molar-refractivity contribution in [2.24, 2.45) is 5.73 Å². The second-order valence-corrected chi connectivity index (χ2v) is 5.63. The van der Waals surface area contributed by atoms with Crippen molar-refractivity contribution in [3.05, 3.63) is 29.3 Å². The Morgan fingerprint density at radius 3 is 2.90 bits per heavy atom. The lowest BCUT2D eigenvalue weighted by Crippen LogP contribution is -2.49. The third-order valence-electron chi connectivity index (χ3n) is 4.13. The number of amides is 2. The number of fused-ring (bicyclic) bond motifs is 1. The van der Waals surface area contributed by atoms with Crippen LogP contribution in [0, 0.1) is 0 Å². The smallest absolute Gasteiger partial charge is 0.251 e. The van der Waals surface area contributed by atoms with Gasteiger partial charge in [-0.2, -0.15) is 0 Å². The van der Waals surface area contributed by atoms with Gasteiger partial charge in [-0.25, -0.2) is 0 Å². The highest BCUT2D eigenvalue weighted by Crippen LogP contribution is 2.24. The number of carbonyl (C=O) groups excluding carboxylic acids is 2. The molecule has 1 aliphatic heterocycles. The minimum Gasteiger partial charge on any atom is -0.348 e. The topological polar surface area (TPSA) is 84.2 Å². The van der Waals surface area contributed by atoms with Crippen molar-refractivity contribution >= 4 is 17.5 Å². The van der Waals surface area contributed by atoms with Gasteiger partial charge in [-0.3, -0.25) is 9.59 Å². The summed E-state index contributed by atoms with van der Waals surface area (Å²) in [5.74, 6) is -0.124. The molecule has 106 valence electrons. The molecular formula is C15H19N3O2. The molecule has 20 heavy (non-hydrogen) atoms. The Kier molecular flexibility index (Phi) is 3.44. The highest BCUT2D eigenvalue weighted by molar-refractivity contribution is 6.01. The van der Waals surface area contributed by atoms with Gasteiger partial charge in [-0.05, 0) is 36.6 Å². The predicted molar refractivity (Wildman–Crippen MR) is 76.5 cm³/mol. The summed E-state index contributed by atoms with van der Waals surface area (Å²) in [4.78, 5) is 23.6. The maximum Gasteiger partial charge on any atom is 0.251 e. The Hall–Kier alpha value is -1.88. The summed E-state index contributed by atoms with van der Waals surface area (Å²) in [6.45, 7) is 0. The van der Waals surface area contributed by atoms with E-state index >= 15 is 0 Å². The van der Waals surface area contributed by atoms with Crippen LogP contribution in [0.1, 0.15) is 41.6 Å². The van der Waals surface area contributed by atoms with E-state index in [1.165, 1.54) is 0 Å². The van der Waals surface area contributed by atoms with Crippen molar-refractivity contribution in [1.82, 2.24) is 5.32 Å². The Labute approximate surface area is 117 Å². The lowest BCUT2D eigenvalue weighted by atomic mass is 9.91. The van der Waals surface area contributed by atoms with Crippen LogP contribution in [-0.4, -0.2) is 23.9 Å². The molecule has 1 fully saturated rings. The minimum absolute atomic E-state index is 0.0214. The predicted octanol–water partition coefficient (Wildman–Crippen LogP) is 1.18. The molecule has 0 radical (unpaired) electrons. The summed E-state index contributed by atoms with van der Waals surface area (Å²) in [5, 5.41) is 5.78. The second kappa shape index (κ2) is 5.25. The van der Waals surface area contributed by atoms with Crippen LogP contribution in [0.5, 0.6) is 0 Å². The number of hydrogen-bond donors (Lipinski definition) is 3. The first-order valence-electron chi connectivity index (χ1n) is 7.13. The van der Waals surface area contributed by atoms with E-state index < -0.39 is 0 Å². The maximum atomic E-state index is 12.3. The third-order valence-corrected chi connectivity index (χ3v) is 4.13. The summed E-state index contributed by atoms with van der Waals surface area (Å²) < 4.78 is 0. The van der Waals surface area contributed by atoms with Gasteiger partial charge in [0.1, 0.15) is 0 Å². The van der Waals surface area contributed by atoms with E-state index in [9.17, 15) is 9.59 Å². The second-order valence-electron chi connectivity index (χ2n) is 5.63. The Balaban J connectivity index is 1.71. The Morgan fingerprint density at radius 1 is 1.30 bits per heavy atom. The zero-order valence-electron chi connectivity index (χ0n) is 11.3. The molecule has 2 aliphatic rings. The van der Waals surface area contributed by atoms with Crippen molar-refractivity contribution in [3.8, 4) is 0 Å². The summed E-state index contributed by atoms with van der Waals surface area (Å²) in [6, 6.07) is 5.43. The van der Waals surface area contributed by atoms with Gasteiger partial charge in [0.15, 0.2) is 0 Å². The normalized spacial score (nSPS) is 24.9. The van der Waals surface area contributed by atoms with Crippen molar-refractivity contribution in [1.29, 1.82) is 0 Å². The molecule has 0 unspecified atom stereocenters. The van der Waals surface area contributed by atoms with Gasteiger partial charge in [0, 0.05) is 23.3 Å². The maximum absolute atomic E-state index is 12.3. The molecule has 1 aromatic carbocycles. The molecule has 2 atom stereocenters. The first-order chi connectivity index (χ1) is 9.63.